The van der Waals surface area contributed by atoms with Gasteiger partial charge in [0.15, 0.2) is 5.96 Å². The molecule has 0 spiro atoms. The van der Waals surface area contributed by atoms with E-state index >= 15 is 0 Å². The van der Waals surface area contributed by atoms with E-state index in [2.05, 4.69) is 25.9 Å². The Bertz CT molecular complexity index is 873. The number of rotatable bonds is 7. The molecule has 1 aromatic heterocycles. The number of hydrogen-bond donors (Lipinski definition) is 3. The number of carbonyl (C=O) groups is 1. The minimum absolute atomic E-state index is 0. The number of guanidine groups is 1. The molecule has 8 nitrogen and oxygen atoms in total. The number of carbonyl (C=O) groups excluding carboxylic acids is 1. The van der Waals surface area contributed by atoms with Gasteiger partial charge in [-0.3, -0.25) is 4.99 Å². The van der Waals surface area contributed by atoms with Gasteiger partial charge in [-0.1, -0.05) is 31.5 Å². The zero-order valence-electron chi connectivity index (χ0n) is 20.0. The summed E-state index contributed by atoms with van der Waals surface area (Å²) in [6.07, 6.45) is 1.21. The molecule has 2 aromatic rings. The lowest BCUT2D eigenvalue weighted by Gasteiger charge is -2.26. The van der Waals surface area contributed by atoms with Crippen LogP contribution < -0.4 is 16.0 Å². The Morgan fingerprint density at radius 1 is 1.19 bits per heavy atom. The number of alkyl carbamates (subject to hydrolysis) is 1. The summed E-state index contributed by atoms with van der Waals surface area (Å²) in [5.41, 5.74) is 2.36. The number of aryl methyl sites for hydroxylation is 1. The number of benzene rings is 1. The van der Waals surface area contributed by atoms with Gasteiger partial charge in [0, 0.05) is 19.2 Å². The highest BCUT2D eigenvalue weighted by Crippen LogP contribution is 2.19. The van der Waals surface area contributed by atoms with Crippen molar-refractivity contribution < 1.29 is 13.9 Å². The maximum Gasteiger partial charge on any atom is 0.407 e. The highest BCUT2D eigenvalue weighted by Gasteiger charge is 2.21. The van der Waals surface area contributed by atoms with Crippen LogP contribution in [0, 0.1) is 12.8 Å². The number of nitrogens with one attached hydrogen (secondary N) is 3. The first-order chi connectivity index (χ1) is 14.6. The molecule has 32 heavy (non-hydrogen) atoms. The first-order valence-corrected chi connectivity index (χ1v) is 10.5. The van der Waals surface area contributed by atoms with Crippen LogP contribution in [0.15, 0.2) is 39.9 Å². The Balaban J connectivity index is 0.00000512. The Hall–Kier alpha value is -2.30. The third-order valence-corrected chi connectivity index (χ3v) is 4.51. The molecule has 3 N–H and O–H groups in total. The third-order valence-electron chi connectivity index (χ3n) is 4.51. The number of oxazole rings is 1. The van der Waals surface area contributed by atoms with Gasteiger partial charge in [-0.25, -0.2) is 9.78 Å². The van der Waals surface area contributed by atoms with Crippen LogP contribution in [0.1, 0.15) is 45.9 Å². The predicted molar refractivity (Wildman–Crippen MR) is 138 cm³/mol. The summed E-state index contributed by atoms with van der Waals surface area (Å²) in [7, 11) is 1.70. The number of aliphatic imine (C=N–C) groups is 1. The molecule has 2 rings (SSSR count). The van der Waals surface area contributed by atoms with E-state index in [4.69, 9.17) is 9.15 Å². The van der Waals surface area contributed by atoms with Crippen LogP contribution >= 0.6 is 24.0 Å². The van der Waals surface area contributed by atoms with Crippen molar-refractivity contribution in [1.82, 2.24) is 20.9 Å². The van der Waals surface area contributed by atoms with Gasteiger partial charge in [0.25, 0.3) is 0 Å². The molecule has 0 aliphatic carbocycles. The van der Waals surface area contributed by atoms with E-state index in [9.17, 15) is 4.79 Å². The summed E-state index contributed by atoms with van der Waals surface area (Å²) in [4.78, 5) is 20.9. The van der Waals surface area contributed by atoms with Gasteiger partial charge >= 0.3 is 6.09 Å². The molecule has 0 aliphatic rings. The van der Waals surface area contributed by atoms with E-state index in [1.165, 1.54) is 5.56 Å². The minimum Gasteiger partial charge on any atom is -0.444 e. The number of ether oxygens (including phenoxy) is 1. The fourth-order valence-corrected chi connectivity index (χ4v) is 2.73. The van der Waals surface area contributed by atoms with Crippen molar-refractivity contribution in [2.45, 2.75) is 59.7 Å². The van der Waals surface area contributed by atoms with Crippen molar-refractivity contribution in [1.29, 1.82) is 0 Å². The fourth-order valence-electron chi connectivity index (χ4n) is 2.73. The Morgan fingerprint density at radius 2 is 1.84 bits per heavy atom. The number of nitrogens with zero attached hydrogens (tertiary/aromatic N) is 2. The summed E-state index contributed by atoms with van der Waals surface area (Å²) >= 11 is 0. The molecule has 0 saturated heterocycles. The van der Waals surface area contributed by atoms with E-state index in [-0.39, 0.29) is 35.9 Å². The number of hydrogen-bond acceptors (Lipinski definition) is 5. The average Bonchev–Trinajstić information content (AvgIpc) is 3.15. The second kappa shape index (κ2) is 12.7. The molecule has 1 aromatic carbocycles. The largest absolute Gasteiger partial charge is 0.444 e. The molecular formula is C23H36IN5O3. The highest BCUT2D eigenvalue weighted by molar-refractivity contribution is 14.0. The SMILES string of the molecule is CN=C(NCc1coc(-c2ccc(C)cc2)n1)NCC(NC(=O)OC(C)(C)C)C(C)C.I. The molecular weight excluding hydrogens is 521 g/mol. The normalized spacial score (nSPS) is 12.7. The van der Waals surface area contributed by atoms with Gasteiger partial charge < -0.3 is 25.1 Å². The topological polar surface area (TPSA) is 101 Å². The first kappa shape index (κ1) is 27.7. The van der Waals surface area contributed by atoms with Crippen LogP contribution in [-0.2, 0) is 11.3 Å². The van der Waals surface area contributed by atoms with Crippen molar-refractivity contribution >= 4 is 36.0 Å². The van der Waals surface area contributed by atoms with Crippen LogP contribution in [-0.4, -0.2) is 42.3 Å². The van der Waals surface area contributed by atoms with E-state index in [1.807, 2.05) is 65.8 Å². The summed E-state index contributed by atoms with van der Waals surface area (Å²) in [6.45, 7) is 12.6. The van der Waals surface area contributed by atoms with Crippen molar-refractivity contribution in [3.63, 3.8) is 0 Å². The zero-order valence-corrected chi connectivity index (χ0v) is 22.3. The highest BCUT2D eigenvalue weighted by atomic mass is 127. The lowest BCUT2D eigenvalue weighted by molar-refractivity contribution is 0.0491. The van der Waals surface area contributed by atoms with Gasteiger partial charge in [-0.2, -0.15) is 0 Å². The van der Waals surface area contributed by atoms with E-state index in [0.29, 0.717) is 24.9 Å². The van der Waals surface area contributed by atoms with E-state index in [1.54, 1.807) is 13.3 Å². The molecule has 1 heterocycles. The summed E-state index contributed by atoms with van der Waals surface area (Å²) in [5.74, 6) is 1.41. The van der Waals surface area contributed by atoms with E-state index < -0.39 is 11.7 Å². The monoisotopic (exact) mass is 557 g/mol. The zero-order chi connectivity index (χ0) is 23.0. The van der Waals surface area contributed by atoms with Gasteiger partial charge in [0.1, 0.15) is 11.9 Å². The van der Waals surface area contributed by atoms with E-state index in [0.717, 1.165) is 11.3 Å². The summed E-state index contributed by atoms with van der Waals surface area (Å²) in [5, 5.41) is 9.38. The lowest BCUT2D eigenvalue weighted by atomic mass is 10.0. The average molecular weight is 557 g/mol. The van der Waals surface area contributed by atoms with Gasteiger partial charge in [-0.05, 0) is 45.7 Å². The van der Waals surface area contributed by atoms with Gasteiger partial charge in [-0.15, -0.1) is 24.0 Å². The van der Waals surface area contributed by atoms with Crippen molar-refractivity contribution in [2.75, 3.05) is 13.6 Å². The van der Waals surface area contributed by atoms with Crippen LogP contribution in [0.2, 0.25) is 0 Å². The molecule has 1 atom stereocenters. The Kier molecular flexibility index (Phi) is 11.0. The Morgan fingerprint density at radius 3 is 2.41 bits per heavy atom. The molecule has 178 valence electrons. The summed E-state index contributed by atoms with van der Waals surface area (Å²) < 4.78 is 11.0. The maximum atomic E-state index is 12.1. The first-order valence-electron chi connectivity index (χ1n) is 10.5. The van der Waals surface area contributed by atoms with Crippen molar-refractivity contribution in [2.24, 2.45) is 10.9 Å². The van der Waals surface area contributed by atoms with Gasteiger partial charge in [0.05, 0.1) is 18.3 Å². The maximum absolute atomic E-state index is 12.1. The standard InChI is InChI=1S/C23H35N5O3.HI/c1-15(2)19(28-22(29)31-23(4,5)6)13-26-21(24-7)25-12-18-14-30-20(27-18)17-10-8-16(3)9-11-17;/h8-11,14-15,19H,12-13H2,1-7H3,(H,28,29)(H2,24,25,26);1H. The van der Waals surface area contributed by atoms with Crippen molar-refractivity contribution in [3.05, 3.63) is 41.8 Å². The smallest absolute Gasteiger partial charge is 0.407 e. The molecule has 0 radical (unpaired) electrons. The van der Waals surface area contributed by atoms with Crippen LogP contribution in [0.4, 0.5) is 4.79 Å². The molecule has 0 aliphatic heterocycles. The number of aromatic nitrogens is 1. The molecule has 0 bridgehead atoms. The minimum atomic E-state index is -0.536. The predicted octanol–water partition coefficient (Wildman–Crippen LogP) is 4.48. The lowest BCUT2D eigenvalue weighted by Crippen LogP contribution is -2.50. The number of halogens is 1. The molecule has 0 saturated carbocycles. The quantitative estimate of drug-likeness (QED) is 0.264. The molecule has 1 unspecified atom stereocenters. The van der Waals surface area contributed by atoms with Crippen LogP contribution in [0.25, 0.3) is 11.5 Å². The van der Waals surface area contributed by atoms with Crippen LogP contribution in [0.3, 0.4) is 0 Å². The summed E-state index contributed by atoms with van der Waals surface area (Å²) in [6, 6.07) is 7.92. The Labute approximate surface area is 208 Å². The molecule has 9 heteroatoms. The fraction of sp³-hybridized carbons (Fsp3) is 0.522. The third kappa shape index (κ3) is 9.46. The molecule has 1 amide bonds. The molecule has 0 fully saturated rings. The second-order valence-corrected chi connectivity index (χ2v) is 8.81. The van der Waals surface area contributed by atoms with Crippen LogP contribution in [0.5, 0.6) is 0 Å². The number of amides is 1. The van der Waals surface area contributed by atoms with Gasteiger partial charge in [0.2, 0.25) is 5.89 Å². The second-order valence-electron chi connectivity index (χ2n) is 8.81. The van der Waals surface area contributed by atoms with Crippen molar-refractivity contribution in [3.8, 4) is 11.5 Å².